The van der Waals surface area contributed by atoms with Crippen LogP contribution in [0.15, 0.2) is 0 Å². The Hall–Kier alpha value is -0.650. The lowest BCUT2D eigenvalue weighted by atomic mass is 10.0. The van der Waals surface area contributed by atoms with Gasteiger partial charge in [0.2, 0.25) is 5.91 Å². The molecule has 0 aliphatic rings. The van der Waals surface area contributed by atoms with Crippen LogP contribution < -0.4 is 5.32 Å². The molecule has 0 rings (SSSR count). The van der Waals surface area contributed by atoms with Gasteiger partial charge in [-0.3, -0.25) is 4.79 Å². The van der Waals surface area contributed by atoms with Crippen molar-refractivity contribution in [3.63, 3.8) is 0 Å². The summed E-state index contributed by atoms with van der Waals surface area (Å²) in [5.41, 5.74) is 0. The topological polar surface area (TPSA) is 89.8 Å². The average molecular weight is 780 g/mol. The van der Waals surface area contributed by atoms with Crippen LogP contribution in [0, 0.1) is 0 Å². The molecule has 55 heavy (non-hydrogen) atoms. The summed E-state index contributed by atoms with van der Waals surface area (Å²) in [6, 6.07) is -0.706. The summed E-state index contributed by atoms with van der Waals surface area (Å²) in [5, 5.41) is 33.5. The quantitative estimate of drug-likeness (QED) is 0.0463. The normalized spacial score (nSPS) is 13.3. The van der Waals surface area contributed by atoms with E-state index in [-0.39, 0.29) is 6.61 Å². The van der Waals surface area contributed by atoms with Gasteiger partial charge in [-0.2, -0.15) is 0 Å². The maximum atomic E-state index is 12.5. The second kappa shape index (κ2) is 46.0. The summed E-state index contributed by atoms with van der Waals surface area (Å²) in [7, 11) is 0. The molecule has 0 bridgehead atoms. The first-order valence-corrected chi connectivity index (χ1v) is 25.3. The molecule has 0 saturated carbocycles. The van der Waals surface area contributed by atoms with Crippen LogP contribution in [0.5, 0.6) is 0 Å². The molecule has 330 valence electrons. The van der Waals surface area contributed by atoms with Gasteiger partial charge >= 0.3 is 0 Å². The Morgan fingerprint density at radius 2 is 0.582 bits per heavy atom. The molecule has 5 heteroatoms. The van der Waals surface area contributed by atoms with Gasteiger partial charge in [-0.05, 0) is 12.8 Å². The maximum absolute atomic E-state index is 12.5. The number of hydrogen-bond donors (Lipinski definition) is 4. The molecular formula is C50H101NO4. The third-order valence-electron chi connectivity index (χ3n) is 12.2. The summed E-state index contributed by atoms with van der Waals surface area (Å²) in [6.45, 7) is 4.27. The van der Waals surface area contributed by atoms with Gasteiger partial charge in [0.15, 0.2) is 0 Å². The van der Waals surface area contributed by atoms with Gasteiger partial charge in [-0.25, -0.2) is 0 Å². The highest BCUT2D eigenvalue weighted by Gasteiger charge is 2.23. The summed E-state index contributed by atoms with van der Waals surface area (Å²) < 4.78 is 0. The predicted octanol–water partition coefficient (Wildman–Crippen LogP) is 15.0. The largest absolute Gasteiger partial charge is 0.394 e. The first-order chi connectivity index (χ1) is 27.1. The summed E-state index contributed by atoms with van der Waals surface area (Å²) >= 11 is 0. The lowest BCUT2D eigenvalue weighted by molar-refractivity contribution is -0.131. The molecule has 3 atom stereocenters. The minimum atomic E-state index is -1.07. The highest BCUT2D eigenvalue weighted by molar-refractivity contribution is 5.80. The maximum Gasteiger partial charge on any atom is 0.249 e. The van der Waals surface area contributed by atoms with Crippen molar-refractivity contribution in [3.05, 3.63) is 0 Å². The average Bonchev–Trinajstić information content (AvgIpc) is 3.19. The fourth-order valence-electron chi connectivity index (χ4n) is 8.25. The Kier molecular flexibility index (Phi) is 45.5. The lowest BCUT2D eigenvalue weighted by Gasteiger charge is -2.23. The van der Waals surface area contributed by atoms with E-state index in [1.54, 1.807) is 0 Å². The number of rotatable bonds is 47. The third kappa shape index (κ3) is 41.3. The Morgan fingerprint density at radius 1 is 0.364 bits per heavy atom. The molecule has 0 radical (unpaired) electrons. The standard InChI is InChI=1S/C50H101NO4/c1-3-5-7-9-11-13-15-17-19-21-23-25-27-28-30-32-34-36-38-40-42-44-48(53)47(46-52)51-50(55)49(54)45-43-41-39-37-35-33-31-29-26-24-22-20-18-16-14-12-10-8-6-4-2/h47-49,52-54H,3-46H2,1-2H3,(H,51,55). The van der Waals surface area contributed by atoms with E-state index < -0.39 is 24.2 Å². The minimum Gasteiger partial charge on any atom is -0.394 e. The number of aliphatic hydroxyl groups is 3. The van der Waals surface area contributed by atoms with Crippen LogP contribution in [0.1, 0.15) is 290 Å². The molecule has 0 aliphatic heterocycles. The Morgan fingerprint density at radius 3 is 0.818 bits per heavy atom. The molecular weight excluding hydrogens is 679 g/mol. The lowest BCUT2D eigenvalue weighted by Crippen LogP contribution is -2.49. The van der Waals surface area contributed by atoms with Gasteiger partial charge in [-0.1, -0.05) is 277 Å². The fourth-order valence-corrected chi connectivity index (χ4v) is 8.25. The van der Waals surface area contributed by atoms with Crippen LogP contribution in [0.3, 0.4) is 0 Å². The number of carbonyl (C=O) groups is 1. The van der Waals surface area contributed by atoms with E-state index in [2.05, 4.69) is 19.2 Å². The van der Waals surface area contributed by atoms with Gasteiger partial charge in [-0.15, -0.1) is 0 Å². The SMILES string of the molecule is CCCCCCCCCCCCCCCCCCCCCCCC(O)C(CO)NC(=O)C(O)CCCCCCCCCCCCCCCCCCCCCC. The zero-order valence-electron chi connectivity index (χ0n) is 37.6. The number of nitrogens with one attached hydrogen (secondary N) is 1. The monoisotopic (exact) mass is 780 g/mol. The number of carbonyl (C=O) groups excluding carboxylic acids is 1. The first kappa shape index (κ1) is 54.3. The van der Waals surface area contributed by atoms with E-state index in [0.717, 1.165) is 32.1 Å². The Balaban J connectivity index is 3.53. The Bertz CT molecular complexity index is 733. The molecule has 1 amide bonds. The van der Waals surface area contributed by atoms with Crippen LogP contribution in [0.2, 0.25) is 0 Å². The molecule has 0 heterocycles. The second-order valence-electron chi connectivity index (χ2n) is 17.7. The molecule has 0 saturated heterocycles. The van der Waals surface area contributed by atoms with Crippen LogP contribution in [0.4, 0.5) is 0 Å². The van der Waals surface area contributed by atoms with E-state index >= 15 is 0 Å². The van der Waals surface area contributed by atoms with Crippen molar-refractivity contribution in [1.29, 1.82) is 0 Å². The molecule has 0 aromatic rings. The van der Waals surface area contributed by atoms with Crippen LogP contribution >= 0.6 is 0 Å². The van der Waals surface area contributed by atoms with Gasteiger partial charge in [0.25, 0.3) is 0 Å². The zero-order valence-corrected chi connectivity index (χ0v) is 37.6. The number of aliphatic hydroxyl groups excluding tert-OH is 3. The molecule has 3 unspecified atom stereocenters. The van der Waals surface area contributed by atoms with E-state index in [1.807, 2.05) is 0 Å². The van der Waals surface area contributed by atoms with Crippen molar-refractivity contribution in [2.45, 2.75) is 308 Å². The van der Waals surface area contributed by atoms with Crippen LogP contribution in [0.25, 0.3) is 0 Å². The van der Waals surface area contributed by atoms with Crippen LogP contribution in [-0.2, 0) is 4.79 Å². The molecule has 0 aromatic carbocycles. The predicted molar refractivity (Wildman–Crippen MR) is 241 cm³/mol. The van der Waals surface area contributed by atoms with Crippen molar-refractivity contribution in [2.75, 3.05) is 6.61 Å². The van der Waals surface area contributed by atoms with E-state index in [1.165, 1.54) is 231 Å². The van der Waals surface area contributed by atoms with Crippen molar-refractivity contribution < 1.29 is 20.1 Å². The fraction of sp³-hybridized carbons (Fsp3) is 0.980. The van der Waals surface area contributed by atoms with E-state index in [0.29, 0.717) is 12.8 Å². The van der Waals surface area contributed by atoms with Gasteiger partial charge in [0.05, 0.1) is 18.8 Å². The molecule has 4 N–H and O–H groups in total. The Labute approximate surface area is 345 Å². The second-order valence-corrected chi connectivity index (χ2v) is 17.7. The van der Waals surface area contributed by atoms with Gasteiger partial charge in [0.1, 0.15) is 6.10 Å². The minimum absolute atomic E-state index is 0.307. The summed E-state index contributed by atoms with van der Waals surface area (Å²) in [5.74, 6) is -0.463. The molecule has 0 fully saturated rings. The molecule has 0 aromatic heterocycles. The number of amides is 1. The van der Waals surface area contributed by atoms with Crippen molar-refractivity contribution >= 4 is 5.91 Å². The van der Waals surface area contributed by atoms with E-state index in [4.69, 9.17) is 0 Å². The summed E-state index contributed by atoms with van der Waals surface area (Å²) in [4.78, 5) is 12.5. The smallest absolute Gasteiger partial charge is 0.249 e. The molecule has 0 aliphatic carbocycles. The van der Waals surface area contributed by atoms with Gasteiger partial charge in [0, 0.05) is 0 Å². The highest BCUT2D eigenvalue weighted by atomic mass is 16.3. The van der Waals surface area contributed by atoms with E-state index in [9.17, 15) is 20.1 Å². The number of hydrogen-bond acceptors (Lipinski definition) is 4. The first-order valence-electron chi connectivity index (χ1n) is 25.3. The zero-order chi connectivity index (χ0) is 40.1. The molecule has 5 nitrogen and oxygen atoms in total. The van der Waals surface area contributed by atoms with Crippen molar-refractivity contribution in [1.82, 2.24) is 5.32 Å². The van der Waals surface area contributed by atoms with Crippen molar-refractivity contribution in [2.24, 2.45) is 0 Å². The summed E-state index contributed by atoms with van der Waals surface area (Å²) in [6.07, 6.45) is 54.1. The third-order valence-corrected chi connectivity index (χ3v) is 12.2. The highest BCUT2D eigenvalue weighted by Crippen LogP contribution is 2.18. The van der Waals surface area contributed by atoms with Crippen molar-refractivity contribution in [3.8, 4) is 0 Å². The van der Waals surface area contributed by atoms with Crippen LogP contribution in [-0.4, -0.2) is 46.1 Å². The van der Waals surface area contributed by atoms with Gasteiger partial charge < -0.3 is 20.6 Å². The molecule has 0 spiro atoms. The number of unbranched alkanes of at least 4 members (excludes halogenated alkanes) is 39.